The van der Waals surface area contributed by atoms with Crippen LogP contribution in [-0.4, -0.2) is 41.0 Å². The van der Waals surface area contributed by atoms with Crippen molar-refractivity contribution < 1.29 is 19.3 Å². The summed E-state index contributed by atoms with van der Waals surface area (Å²) in [5.74, 6) is 2.74. The summed E-state index contributed by atoms with van der Waals surface area (Å²) in [5, 5.41) is 15.4. The molecule has 34 heavy (non-hydrogen) atoms. The second kappa shape index (κ2) is 8.87. The van der Waals surface area contributed by atoms with E-state index >= 15 is 0 Å². The first-order valence-corrected chi connectivity index (χ1v) is 11.3. The molecule has 5 rings (SSSR count). The molecule has 2 aromatic heterocycles. The van der Waals surface area contributed by atoms with Gasteiger partial charge in [-0.15, -0.1) is 0 Å². The average Bonchev–Trinajstić information content (AvgIpc) is 3.50. The Bertz CT molecular complexity index is 1300. The summed E-state index contributed by atoms with van der Waals surface area (Å²) < 4.78 is 18.3. The Kier molecular flexibility index (Phi) is 5.75. The van der Waals surface area contributed by atoms with Gasteiger partial charge in [0.25, 0.3) is 0 Å². The van der Waals surface area contributed by atoms with Crippen LogP contribution in [0.2, 0.25) is 0 Å². The van der Waals surface area contributed by atoms with Gasteiger partial charge in [0, 0.05) is 35.6 Å². The number of aromatic nitrogens is 3. The minimum atomic E-state index is -0.742. The van der Waals surface area contributed by atoms with Crippen LogP contribution < -0.4 is 19.5 Å². The monoisotopic (exact) mass is 460 g/mol. The fraction of sp³-hybridized carbons (Fsp3) is 0.308. The molecule has 0 amide bonds. The van der Waals surface area contributed by atoms with E-state index in [1.54, 1.807) is 39.7 Å². The minimum Gasteiger partial charge on any atom is -0.493 e. The fourth-order valence-electron chi connectivity index (χ4n) is 4.69. The third-order valence-electron chi connectivity index (χ3n) is 6.47. The molecule has 0 radical (unpaired) electrons. The topological polar surface area (TPSA) is 90.7 Å². The van der Waals surface area contributed by atoms with E-state index in [9.17, 15) is 5.11 Å². The molecule has 0 bridgehead atoms. The largest absolute Gasteiger partial charge is 0.493 e. The molecule has 8 nitrogen and oxygen atoms in total. The minimum absolute atomic E-state index is 0.430. The van der Waals surface area contributed by atoms with Crippen molar-refractivity contribution in [2.45, 2.75) is 31.3 Å². The SMILES string of the molecule is COc1cc(Nc2nccc(-n3ccc4ccc(C5(O)CCCC5)cc43)n2)cc(OC)c1OC. The molecule has 0 aliphatic heterocycles. The van der Waals surface area contributed by atoms with Crippen molar-refractivity contribution in [3.05, 3.63) is 60.4 Å². The van der Waals surface area contributed by atoms with Gasteiger partial charge in [-0.2, -0.15) is 4.98 Å². The molecule has 2 heterocycles. The molecule has 1 saturated carbocycles. The average molecular weight is 461 g/mol. The zero-order valence-electron chi connectivity index (χ0n) is 19.5. The predicted octanol–water partition coefficient (Wildman–Crippen LogP) is 4.95. The zero-order chi connectivity index (χ0) is 23.7. The number of anilines is 2. The molecular formula is C26H28N4O4. The molecule has 176 valence electrons. The standard InChI is InChI=1S/C26H28N4O4/c1-32-21-15-19(16-22(33-2)24(21)34-3)28-25-27-12-8-23(29-25)30-13-9-17-6-7-18(14-20(17)30)26(31)10-4-5-11-26/h6-9,12-16,31H,4-5,10-11H2,1-3H3,(H,27,28,29). The Balaban J connectivity index is 1.49. The van der Waals surface area contributed by atoms with E-state index in [0.29, 0.717) is 28.9 Å². The van der Waals surface area contributed by atoms with Crippen LogP contribution in [0.3, 0.4) is 0 Å². The second-order valence-electron chi connectivity index (χ2n) is 8.48. The van der Waals surface area contributed by atoms with Gasteiger partial charge in [-0.25, -0.2) is 4.98 Å². The van der Waals surface area contributed by atoms with Crippen molar-refractivity contribution in [3.8, 4) is 23.1 Å². The van der Waals surface area contributed by atoms with Gasteiger partial charge in [0.15, 0.2) is 11.5 Å². The van der Waals surface area contributed by atoms with Crippen molar-refractivity contribution >= 4 is 22.5 Å². The lowest BCUT2D eigenvalue weighted by molar-refractivity contribution is 0.0446. The number of rotatable bonds is 7. The molecule has 0 unspecified atom stereocenters. The van der Waals surface area contributed by atoms with Gasteiger partial charge in [0.1, 0.15) is 5.82 Å². The highest BCUT2D eigenvalue weighted by Crippen LogP contribution is 2.41. The number of aliphatic hydroxyl groups is 1. The van der Waals surface area contributed by atoms with Crippen molar-refractivity contribution in [2.75, 3.05) is 26.6 Å². The van der Waals surface area contributed by atoms with Gasteiger partial charge >= 0.3 is 0 Å². The molecule has 2 aromatic carbocycles. The molecule has 1 aliphatic rings. The summed E-state index contributed by atoms with van der Waals surface area (Å²) in [5.41, 5.74) is 1.92. The van der Waals surface area contributed by atoms with Gasteiger partial charge in [0.2, 0.25) is 11.7 Å². The van der Waals surface area contributed by atoms with Crippen LogP contribution in [0.4, 0.5) is 11.6 Å². The quantitative estimate of drug-likeness (QED) is 0.403. The van der Waals surface area contributed by atoms with E-state index in [4.69, 9.17) is 19.2 Å². The van der Waals surface area contributed by atoms with Crippen molar-refractivity contribution in [1.82, 2.24) is 14.5 Å². The Morgan fingerprint density at radius 2 is 1.68 bits per heavy atom. The summed E-state index contributed by atoms with van der Waals surface area (Å²) in [6.07, 6.45) is 7.40. The van der Waals surface area contributed by atoms with E-state index in [2.05, 4.69) is 22.4 Å². The number of hydrogen-bond donors (Lipinski definition) is 2. The number of benzene rings is 2. The van der Waals surface area contributed by atoms with Crippen molar-refractivity contribution in [3.63, 3.8) is 0 Å². The van der Waals surface area contributed by atoms with Gasteiger partial charge in [-0.1, -0.05) is 25.0 Å². The first kappa shape index (κ1) is 22.0. The van der Waals surface area contributed by atoms with E-state index in [1.165, 1.54) is 0 Å². The van der Waals surface area contributed by atoms with Crippen LogP contribution in [0.25, 0.3) is 16.7 Å². The second-order valence-corrected chi connectivity index (χ2v) is 8.48. The van der Waals surface area contributed by atoms with Crippen LogP contribution in [-0.2, 0) is 5.60 Å². The Morgan fingerprint density at radius 1 is 0.941 bits per heavy atom. The number of fused-ring (bicyclic) bond motifs is 1. The van der Waals surface area contributed by atoms with Gasteiger partial charge in [-0.05, 0) is 36.6 Å². The van der Waals surface area contributed by atoms with Crippen molar-refractivity contribution in [2.24, 2.45) is 0 Å². The highest BCUT2D eigenvalue weighted by molar-refractivity contribution is 5.82. The molecule has 1 fully saturated rings. The zero-order valence-corrected chi connectivity index (χ0v) is 19.5. The molecular weight excluding hydrogens is 432 g/mol. The summed E-state index contributed by atoms with van der Waals surface area (Å²) in [6, 6.07) is 13.7. The summed E-state index contributed by atoms with van der Waals surface area (Å²) in [7, 11) is 4.72. The predicted molar refractivity (Wildman–Crippen MR) is 131 cm³/mol. The third-order valence-corrected chi connectivity index (χ3v) is 6.47. The summed E-state index contributed by atoms with van der Waals surface area (Å²) in [4.78, 5) is 9.11. The Labute approximate surface area is 198 Å². The van der Waals surface area contributed by atoms with Crippen molar-refractivity contribution in [1.29, 1.82) is 0 Å². The maximum absolute atomic E-state index is 11.1. The summed E-state index contributed by atoms with van der Waals surface area (Å²) in [6.45, 7) is 0. The maximum Gasteiger partial charge on any atom is 0.229 e. The van der Waals surface area contributed by atoms with Gasteiger partial charge < -0.3 is 29.2 Å². The molecule has 0 atom stereocenters. The maximum atomic E-state index is 11.1. The van der Waals surface area contributed by atoms with Crippen LogP contribution in [0.15, 0.2) is 54.9 Å². The lowest BCUT2D eigenvalue weighted by Gasteiger charge is -2.23. The first-order valence-electron chi connectivity index (χ1n) is 11.3. The van der Waals surface area contributed by atoms with Gasteiger partial charge in [0.05, 0.1) is 32.4 Å². The molecule has 4 aromatic rings. The number of nitrogens with one attached hydrogen (secondary N) is 1. The Hall–Kier alpha value is -3.78. The lowest BCUT2D eigenvalue weighted by Crippen LogP contribution is -2.20. The van der Waals surface area contributed by atoms with Crippen LogP contribution in [0.1, 0.15) is 31.2 Å². The summed E-state index contributed by atoms with van der Waals surface area (Å²) >= 11 is 0. The van der Waals surface area contributed by atoms with E-state index in [0.717, 1.165) is 48.0 Å². The van der Waals surface area contributed by atoms with Crippen LogP contribution in [0.5, 0.6) is 17.2 Å². The highest BCUT2D eigenvalue weighted by Gasteiger charge is 2.33. The van der Waals surface area contributed by atoms with Gasteiger partial charge in [-0.3, -0.25) is 0 Å². The number of methoxy groups -OCH3 is 3. The molecule has 1 aliphatic carbocycles. The molecule has 0 saturated heterocycles. The highest BCUT2D eigenvalue weighted by atomic mass is 16.5. The van der Waals surface area contributed by atoms with E-state index in [-0.39, 0.29) is 0 Å². The molecule has 8 heteroatoms. The molecule has 0 spiro atoms. The number of nitrogens with zero attached hydrogens (tertiary/aromatic N) is 3. The van der Waals surface area contributed by atoms with Crippen LogP contribution in [0, 0.1) is 0 Å². The molecule has 2 N–H and O–H groups in total. The normalized spacial score (nSPS) is 14.8. The van der Waals surface area contributed by atoms with E-state index < -0.39 is 5.60 Å². The first-order chi connectivity index (χ1) is 16.5. The lowest BCUT2D eigenvalue weighted by atomic mass is 9.92. The Morgan fingerprint density at radius 3 is 2.35 bits per heavy atom. The number of ether oxygens (including phenoxy) is 3. The van der Waals surface area contributed by atoms with E-state index in [1.807, 2.05) is 29.0 Å². The van der Waals surface area contributed by atoms with Crippen LogP contribution >= 0.6 is 0 Å². The smallest absolute Gasteiger partial charge is 0.229 e. The third kappa shape index (κ3) is 3.90. The fourth-order valence-corrected chi connectivity index (χ4v) is 4.69. The number of hydrogen-bond acceptors (Lipinski definition) is 7.